The molecule has 1 aliphatic heterocycles. The van der Waals surface area contributed by atoms with Gasteiger partial charge in [-0.15, -0.1) is 11.3 Å². The molecule has 2 heterocycles. The molecule has 0 bridgehead atoms. The average molecular weight is 410 g/mol. The lowest BCUT2D eigenvalue weighted by Gasteiger charge is -2.37. The van der Waals surface area contributed by atoms with Crippen molar-refractivity contribution in [3.63, 3.8) is 0 Å². The number of piperidine rings is 1. The molecule has 0 spiro atoms. The van der Waals surface area contributed by atoms with E-state index in [4.69, 9.17) is 4.74 Å². The third kappa shape index (κ3) is 3.66. The smallest absolute Gasteiger partial charge is 0.307 e. The quantitative estimate of drug-likeness (QED) is 0.794. The Morgan fingerprint density at radius 3 is 2.96 bits per heavy atom. The van der Waals surface area contributed by atoms with Crippen LogP contribution in [0.5, 0.6) is 5.75 Å². The van der Waals surface area contributed by atoms with Gasteiger partial charge < -0.3 is 9.84 Å². The summed E-state index contributed by atoms with van der Waals surface area (Å²) in [6.07, 6.45) is 1.65. The summed E-state index contributed by atoms with van der Waals surface area (Å²) in [5, 5.41) is 11.5. The molecule has 2 unspecified atom stereocenters. The van der Waals surface area contributed by atoms with E-state index in [2.05, 4.69) is 38.3 Å². The van der Waals surface area contributed by atoms with Gasteiger partial charge in [0.15, 0.2) is 0 Å². The number of hydrogen-bond donors (Lipinski definition) is 1. The molecule has 4 nitrogen and oxygen atoms in total. The highest BCUT2D eigenvalue weighted by Gasteiger charge is 2.33. The fraction of sp³-hybridized carbons (Fsp3) is 0.389. The molecule has 6 heteroatoms. The molecule has 1 aliphatic rings. The van der Waals surface area contributed by atoms with Crippen molar-refractivity contribution in [1.82, 2.24) is 4.90 Å². The van der Waals surface area contributed by atoms with Crippen LogP contribution in [0, 0.1) is 5.92 Å². The highest BCUT2D eigenvalue weighted by Crippen LogP contribution is 2.40. The molecule has 1 aromatic heterocycles. The first-order valence-electron chi connectivity index (χ1n) is 7.94. The lowest BCUT2D eigenvalue weighted by molar-refractivity contribution is -0.143. The number of carboxylic acid groups (broad SMARTS) is 1. The van der Waals surface area contributed by atoms with E-state index < -0.39 is 5.97 Å². The van der Waals surface area contributed by atoms with Gasteiger partial charge in [0.1, 0.15) is 5.75 Å². The number of halogens is 1. The molecule has 1 aromatic carbocycles. The minimum absolute atomic E-state index is 0.0135. The van der Waals surface area contributed by atoms with Gasteiger partial charge in [-0.1, -0.05) is 22.0 Å². The van der Waals surface area contributed by atoms with Gasteiger partial charge in [0.2, 0.25) is 0 Å². The van der Waals surface area contributed by atoms with Crippen LogP contribution in [0.4, 0.5) is 0 Å². The van der Waals surface area contributed by atoms with Crippen LogP contribution in [0.15, 0.2) is 40.2 Å². The average Bonchev–Trinajstić information content (AvgIpc) is 3.10. The molecule has 1 saturated heterocycles. The van der Waals surface area contributed by atoms with Crippen molar-refractivity contribution in [3.8, 4) is 5.75 Å². The van der Waals surface area contributed by atoms with E-state index in [-0.39, 0.29) is 12.0 Å². The first-order valence-corrected chi connectivity index (χ1v) is 9.61. The molecule has 24 heavy (non-hydrogen) atoms. The molecule has 0 aliphatic carbocycles. The molecule has 0 amide bonds. The van der Waals surface area contributed by atoms with Crippen molar-refractivity contribution in [2.45, 2.75) is 18.9 Å². The number of rotatable bonds is 5. The molecule has 2 atom stereocenters. The fourth-order valence-corrected chi connectivity index (χ4v) is 4.59. The van der Waals surface area contributed by atoms with Crippen LogP contribution in [-0.2, 0) is 4.79 Å². The van der Waals surface area contributed by atoms with Crippen molar-refractivity contribution in [2.24, 2.45) is 5.92 Å². The van der Waals surface area contributed by atoms with Crippen molar-refractivity contribution in [2.75, 3.05) is 20.2 Å². The Bertz CT molecular complexity index is 704. The Morgan fingerprint density at radius 2 is 2.29 bits per heavy atom. The topological polar surface area (TPSA) is 49.8 Å². The van der Waals surface area contributed by atoms with Gasteiger partial charge in [-0.2, -0.15) is 0 Å². The largest absolute Gasteiger partial charge is 0.496 e. The number of benzene rings is 1. The summed E-state index contributed by atoms with van der Waals surface area (Å²) in [6.45, 7) is 1.45. The first kappa shape index (κ1) is 17.5. The molecule has 2 aromatic rings. The summed E-state index contributed by atoms with van der Waals surface area (Å²) in [4.78, 5) is 14.9. The Labute approximate surface area is 154 Å². The first-order chi connectivity index (χ1) is 11.6. The van der Waals surface area contributed by atoms with Gasteiger partial charge in [0.05, 0.1) is 19.1 Å². The van der Waals surface area contributed by atoms with E-state index in [9.17, 15) is 9.90 Å². The number of thiophene rings is 1. The molecule has 1 fully saturated rings. The van der Waals surface area contributed by atoms with Crippen LogP contribution in [0.3, 0.4) is 0 Å². The van der Waals surface area contributed by atoms with Gasteiger partial charge in [-0.05, 0) is 49.0 Å². The number of carbonyl (C=O) groups is 1. The zero-order valence-corrected chi connectivity index (χ0v) is 15.8. The van der Waals surface area contributed by atoms with E-state index in [1.165, 1.54) is 4.88 Å². The molecule has 3 rings (SSSR count). The summed E-state index contributed by atoms with van der Waals surface area (Å²) in [5.74, 6) is -0.181. The molecular formula is C18H20BrNO3S. The second-order valence-electron chi connectivity index (χ2n) is 5.98. The van der Waals surface area contributed by atoms with E-state index in [0.29, 0.717) is 6.54 Å². The fourth-order valence-electron chi connectivity index (χ4n) is 3.34. The zero-order valence-electron chi connectivity index (χ0n) is 13.4. The number of aliphatic carboxylic acids is 1. The second kappa shape index (κ2) is 7.68. The summed E-state index contributed by atoms with van der Waals surface area (Å²) < 4.78 is 6.58. The van der Waals surface area contributed by atoms with Crippen LogP contribution in [0.25, 0.3) is 0 Å². The van der Waals surface area contributed by atoms with Crippen molar-refractivity contribution < 1.29 is 14.6 Å². The van der Waals surface area contributed by atoms with Crippen molar-refractivity contribution in [3.05, 3.63) is 50.6 Å². The summed E-state index contributed by atoms with van der Waals surface area (Å²) in [7, 11) is 1.68. The van der Waals surface area contributed by atoms with Gasteiger partial charge in [0.25, 0.3) is 0 Å². The minimum Gasteiger partial charge on any atom is -0.496 e. The number of methoxy groups -OCH3 is 1. The monoisotopic (exact) mass is 409 g/mol. The third-order valence-corrected chi connectivity index (χ3v) is 5.88. The number of likely N-dealkylation sites (tertiary alicyclic amines) is 1. The summed E-state index contributed by atoms with van der Waals surface area (Å²) in [6, 6.07) is 10.2. The Hall–Kier alpha value is -1.37. The molecular weight excluding hydrogens is 390 g/mol. The lowest BCUT2D eigenvalue weighted by Crippen LogP contribution is -2.41. The Balaban J connectivity index is 2.02. The molecule has 1 N–H and O–H groups in total. The van der Waals surface area contributed by atoms with E-state index >= 15 is 0 Å². The second-order valence-corrected chi connectivity index (χ2v) is 7.87. The van der Waals surface area contributed by atoms with Crippen LogP contribution in [0.2, 0.25) is 0 Å². The van der Waals surface area contributed by atoms with Crippen molar-refractivity contribution in [1.29, 1.82) is 0 Å². The SMILES string of the molecule is COc1ccc(Br)cc1C(c1cccs1)N1CCCC(C(=O)O)C1. The standard InChI is InChI=1S/C18H20BrNO3S/c1-23-15-7-6-13(19)10-14(15)17(16-5-3-9-24-16)20-8-2-4-12(11-20)18(21)22/h3,5-7,9-10,12,17H,2,4,8,11H2,1H3,(H,21,22). The van der Waals surface area contributed by atoms with Gasteiger partial charge in [-0.3, -0.25) is 9.69 Å². The predicted octanol–water partition coefficient (Wildman–Crippen LogP) is 4.41. The summed E-state index contributed by atoms with van der Waals surface area (Å²) in [5.41, 5.74) is 1.07. The van der Waals surface area contributed by atoms with Gasteiger partial charge in [0, 0.05) is 21.5 Å². The van der Waals surface area contributed by atoms with Crippen LogP contribution >= 0.6 is 27.3 Å². The number of ether oxygens (including phenoxy) is 1. The maximum atomic E-state index is 11.5. The zero-order chi connectivity index (χ0) is 17.1. The molecule has 128 valence electrons. The van der Waals surface area contributed by atoms with E-state index in [1.54, 1.807) is 18.4 Å². The predicted molar refractivity (Wildman–Crippen MR) is 98.8 cm³/mol. The minimum atomic E-state index is -0.703. The third-order valence-electron chi connectivity index (χ3n) is 4.47. The Morgan fingerprint density at radius 1 is 1.46 bits per heavy atom. The number of carboxylic acids is 1. The maximum Gasteiger partial charge on any atom is 0.307 e. The highest BCUT2D eigenvalue weighted by atomic mass is 79.9. The van der Waals surface area contributed by atoms with Crippen LogP contribution in [0.1, 0.15) is 29.3 Å². The van der Waals surface area contributed by atoms with Gasteiger partial charge >= 0.3 is 5.97 Å². The van der Waals surface area contributed by atoms with E-state index in [0.717, 1.165) is 35.2 Å². The number of nitrogens with zero attached hydrogens (tertiary/aromatic N) is 1. The highest BCUT2D eigenvalue weighted by molar-refractivity contribution is 9.10. The normalized spacial score (nSPS) is 19.8. The molecule has 0 saturated carbocycles. The van der Waals surface area contributed by atoms with Gasteiger partial charge in [-0.25, -0.2) is 0 Å². The van der Waals surface area contributed by atoms with E-state index in [1.807, 2.05) is 18.2 Å². The lowest BCUT2D eigenvalue weighted by atomic mass is 9.94. The van der Waals surface area contributed by atoms with Crippen LogP contribution in [-0.4, -0.2) is 36.2 Å². The maximum absolute atomic E-state index is 11.5. The number of hydrogen-bond acceptors (Lipinski definition) is 4. The summed E-state index contributed by atoms with van der Waals surface area (Å²) >= 11 is 5.25. The van der Waals surface area contributed by atoms with Crippen molar-refractivity contribution >= 4 is 33.2 Å². The molecule has 0 radical (unpaired) electrons. The van der Waals surface area contributed by atoms with Crippen LogP contribution < -0.4 is 4.74 Å². The Kier molecular flexibility index (Phi) is 5.58.